The molecule has 4 rings (SSSR count). The van der Waals surface area contributed by atoms with E-state index in [-0.39, 0.29) is 10.9 Å². The number of anilines is 1. The standard InChI is InChI=1S/C22H28N4O4S2/c1-14-5-3-4-11-26(14)32(29,30)16-8-6-15(7-9-16)21(28)24-22-19(20(23)27)17-10-12-25(2)13-18(17)31-22/h6-9,14H,3-5,10-13H2,1-2H3,(H2,23,27)(H,24,28). The van der Waals surface area contributed by atoms with E-state index in [1.165, 1.54) is 39.9 Å². The molecule has 2 aliphatic rings. The van der Waals surface area contributed by atoms with Crippen molar-refractivity contribution in [1.29, 1.82) is 0 Å². The Morgan fingerprint density at radius 1 is 1.16 bits per heavy atom. The van der Waals surface area contributed by atoms with Crippen LogP contribution in [0.5, 0.6) is 0 Å². The quantitative estimate of drug-likeness (QED) is 0.689. The van der Waals surface area contributed by atoms with Crippen molar-refractivity contribution in [1.82, 2.24) is 9.21 Å². The van der Waals surface area contributed by atoms with Crippen LogP contribution in [-0.2, 0) is 23.0 Å². The van der Waals surface area contributed by atoms with Crippen molar-refractivity contribution in [2.75, 3.05) is 25.5 Å². The molecule has 3 heterocycles. The zero-order chi connectivity index (χ0) is 23.0. The Bertz CT molecular complexity index is 1140. The minimum Gasteiger partial charge on any atom is -0.365 e. The van der Waals surface area contributed by atoms with Crippen molar-refractivity contribution in [3.05, 3.63) is 45.8 Å². The molecule has 1 fully saturated rings. The summed E-state index contributed by atoms with van der Waals surface area (Å²) in [4.78, 5) is 28.3. The predicted molar refractivity (Wildman–Crippen MR) is 124 cm³/mol. The number of fused-ring (bicyclic) bond motifs is 1. The van der Waals surface area contributed by atoms with Crippen molar-refractivity contribution < 1.29 is 18.0 Å². The van der Waals surface area contributed by atoms with Crippen LogP contribution in [0.2, 0.25) is 0 Å². The highest BCUT2D eigenvalue weighted by Gasteiger charge is 2.31. The molecule has 1 atom stereocenters. The number of rotatable bonds is 5. The number of sulfonamides is 1. The molecule has 172 valence electrons. The summed E-state index contributed by atoms with van der Waals surface area (Å²) in [5, 5.41) is 3.26. The number of nitrogens with zero attached hydrogens (tertiary/aromatic N) is 2. The lowest BCUT2D eigenvalue weighted by atomic mass is 10.0. The van der Waals surface area contributed by atoms with E-state index in [4.69, 9.17) is 5.73 Å². The van der Waals surface area contributed by atoms with E-state index in [1.807, 2.05) is 14.0 Å². The lowest BCUT2D eigenvalue weighted by molar-refractivity contribution is 0.1000. The fourth-order valence-electron chi connectivity index (χ4n) is 4.40. The van der Waals surface area contributed by atoms with E-state index in [9.17, 15) is 18.0 Å². The van der Waals surface area contributed by atoms with Crippen LogP contribution in [-0.4, -0.2) is 55.6 Å². The maximum Gasteiger partial charge on any atom is 0.256 e. The largest absolute Gasteiger partial charge is 0.365 e. The molecule has 0 bridgehead atoms. The molecular formula is C22H28N4O4S2. The zero-order valence-electron chi connectivity index (χ0n) is 18.3. The topological polar surface area (TPSA) is 113 Å². The minimum atomic E-state index is -3.60. The zero-order valence-corrected chi connectivity index (χ0v) is 19.9. The van der Waals surface area contributed by atoms with Crippen molar-refractivity contribution >= 4 is 38.2 Å². The summed E-state index contributed by atoms with van der Waals surface area (Å²) in [6.45, 7) is 3.97. The number of hydrogen-bond acceptors (Lipinski definition) is 6. The third kappa shape index (κ3) is 4.32. The van der Waals surface area contributed by atoms with Gasteiger partial charge in [-0.05, 0) is 63.1 Å². The maximum atomic E-state index is 13.0. The van der Waals surface area contributed by atoms with E-state index in [0.29, 0.717) is 35.6 Å². The van der Waals surface area contributed by atoms with Crippen molar-refractivity contribution in [3.8, 4) is 0 Å². The highest BCUT2D eigenvalue weighted by atomic mass is 32.2. The third-order valence-electron chi connectivity index (χ3n) is 6.19. The average Bonchev–Trinajstić information content (AvgIpc) is 3.11. The Balaban J connectivity index is 1.55. The summed E-state index contributed by atoms with van der Waals surface area (Å²) in [7, 11) is -1.59. The molecular weight excluding hydrogens is 448 g/mol. The summed E-state index contributed by atoms with van der Waals surface area (Å²) < 4.78 is 27.5. The number of amides is 2. The van der Waals surface area contributed by atoms with E-state index in [0.717, 1.165) is 36.2 Å². The number of hydrogen-bond donors (Lipinski definition) is 2. The minimum absolute atomic E-state index is 0.0344. The molecule has 0 saturated carbocycles. The first kappa shape index (κ1) is 22.9. The number of piperidine rings is 1. The van der Waals surface area contributed by atoms with Gasteiger partial charge in [0.15, 0.2) is 0 Å². The van der Waals surface area contributed by atoms with Crippen LogP contribution in [0.1, 0.15) is 57.3 Å². The normalized spacial score (nSPS) is 20.0. The number of carbonyl (C=O) groups is 2. The number of likely N-dealkylation sites (N-methyl/N-ethyl adjacent to an activating group) is 1. The average molecular weight is 477 g/mol. The van der Waals surface area contributed by atoms with Gasteiger partial charge in [0, 0.05) is 36.1 Å². The number of thiophene rings is 1. The van der Waals surface area contributed by atoms with Crippen molar-refractivity contribution in [3.63, 3.8) is 0 Å². The van der Waals surface area contributed by atoms with Gasteiger partial charge in [-0.2, -0.15) is 4.31 Å². The van der Waals surface area contributed by atoms with Crippen LogP contribution in [0.25, 0.3) is 0 Å². The SMILES string of the molecule is CC1CCCCN1S(=O)(=O)c1ccc(C(=O)Nc2sc3c(c2C(N)=O)CCN(C)C3)cc1. The number of nitrogens with two attached hydrogens (primary N) is 1. The molecule has 0 aliphatic carbocycles. The molecule has 8 nitrogen and oxygen atoms in total. The Labute approximate surface area is 192 Å². The van der Waals surface area contributed by atoms with Gasteiger partial charge < -0.3 is 16.0 Å². The summed E-state index contributed by atoms with van der Waals surface area (Å²) in [6, 6.07) is 5.90. The summed E-state index contributed by atoms with van der Waals surface area (Å²) in [5.41, 5.74) is 7.22. The van der Waals surface area contributed by atoms with Gasteiger partial charge in [-0.15, -0.1) is 11.3 Å². The smallest absolute Gasteiger partial charge is 0.256 e. The molecule has 2 aliphatic heterocycles. The molecule has 0 radical (unpaired) electrons. The van der Waals surface area contributed by atoms with E-state index in [2.05, 4.69) is 10.2 Å². The van der Waals surface area contributed by atoms with Crippen LogP contribution in [0, 0.1) is 0 Å². The summed E-state index contributed by atoms with van der Waals surface area (Å²) in [5.74, 6) is -0.964. The van der Waals surface area contributed by atoms with Crippen molar-refractivity contribution in [2.45, 2.75) is 50.1 Å². The molecule has 1 saturated heterocycles. The van der Waals surface area contributed by atoms with Crippen LogP contribution < -0.4 is 11.1 Å². The van der Waals surface area contributed by atoms with Crippen molar-refractivity contribution in [2.24, 2.45) is 5.73 Å². The molecule has 0 spiro atoms. The number of nitrogens with one attached hydrogen (secondary N) is 1. The molecule has 1 aromatic carbocycles. The van der Waals surface area contributed by atoms with Gasteiger partial charge in [0.05, 0.1) is 10.5 Å². The second-order valence-electron chi connectivity index (χ2n) is 8.50. The lowest BCUT2D eigenvalue weighted by Crippen LogP contribution is -2.41. The monoisotopic (exact) mass is 476 g/mol. The molecule has 2 amide bonds. The first-order valence-corrected chi connectivity index (χ1v) is 13.0. The number of benzene rings is 1. The number of primary amides is 1. The maximum absolute atomic E-state index is 13.0. The molecule has 32 heavy (non-hydrogen) atoms. The molecule has 2 aromatic rings. The predicted octanol–water partition coefficient (Wildman–Crippen LogP) is 2.65. The highest BCUT2D eigenvalue weighted by molar-refractivity contribution is 7.89. The summed E-state index contributed by atoms with van der Waals surface area (Å²) in [6.07, 6.45) is 3.44. The van der Waals surface area contributed by atoms with E-state index >= 15 is 0 Å². The Morgan fingerprint density at radius 2 is 1.88 bits per heavy atom. The van der Waals surface area contributed by atoms with Gasteiger partial charge >= 0.3 is 0 Å². The van der Waals surface area contributed by atoms with Crippen LogP contribution in [0.15, 0.2) is 29.2 Å². The van der Waals surface area contributed by atoms with Gasteiger partial charge in [-0.25, -0.2) is 8.42 Å². The van der Waals surface area contributed by atoms with Crippen LogP contribution in [0.4, 0.5) is 5.00 Å². The number of carbonyl (C=O) groups excluding carboxylic acids is 2. The first-order chi connectivity index (χ1) is 15.2. The van der Waals surface area contributed by atoms with Gasteiger partial charge in [0.25, 0.3) is 11.8 Å². The van der Waals surface area contributed by atoms with Gasteiger partial charge in [-0.3, -0.25) is 9.59 Å². The second-order valence-corrected chi connectivity index (χ2v) is 11.5. The van der Waals surface area contributed by atoms with E-state index in [1.54, 1.807) is 0 Å². The highest BCUT2D eigenvalue weighted by Crippen LogP contribution is 2.37. The molecule has 3 N–H and O–H groups in total. The molecule has 10 heteroatoms. The Kier molecular flexibility index (Phi) is 6.39. The summed E-state index contributed by atoms with van der Waals surface area (Å²) >= 11 is 1.37. The Morgan fingerprint density at radius 3 is 2.53 bits per heavy atom. The fraction of sp³-hybridized carbons (Fsp3) is 0.455. The molecule has 1 aromatic heterocycles. The first-order valence-electron chi connectivity index (χ1n) is 10.7. The van der Waals surface area contributed by atoms with Crippen LogP contribution >= 0.6 is 11.3 Å². The lowest BCUT2D eigenvalue weighted by Gasteiger charge is -2.32. The van der Waals surface area contributed by atoms with Gasteiger partial charge in [0.1, 0.15) is 5.00 Å². The Hall–Kier alpha value is -2.27. The second kappa shape index (κ2) is 8.93. The van der Waals surface area contributed by atoms with Gasteiger partial charge in [0.2, 0.25) is 10.0 Å². The van der Waals surface area contributed by atoms with E-state index < -0.39 is 21.8 Å². The fourth-order valence-corrected chi connectivity index (χ4v) is 7.43. The van der Waals surface area contributed by atoms with Gasteiger partial charge in [-0.1, -0.05) is 6.42 Å². The molecule has 1 unspecified atom stereocenters. The third-order valence-corrected chi connectivity index (χ3v) is 9.35. The van der Waals surface area contributed by atoms with Crippen LogP contribution in [0.3, 0.4) is 0 Å².